The van der Waals surface area contributed by atoms with Crippen LogP contribution in [0.5, 0.6) is 0 Å². The lowest BCUT2D eigenvalue weighted by Crippen LogP contribution is -2.38. The first-order valence-electron chi connectivity index (χ1n) is 7.61. The van der Waals surface area contributed by atoms with Crippen molar-refractivity contribution in [3.63, 3.8) is 0 Å². The van der Waals surface area contributed by atoms with Crippen molar-refractivity contribution in [2.75, 3.05) is 18.0 Å². The topological polar surface area (TPSA) is 85.6 Å². The van der Waals surface area contributed by atoms with Gasteiger partial charge in [0, 0.05) is 45.1 Å². The molecule has 1 aliphatic heterocycles. The molecule has 1 aliphatic carbocycles. The SMILES string of the molecule is CC(=O)OC1CCN(c2ncc(C3CC3)cc2[N+](=O)[O-])CC1. The quantitative estimate of drug-likeness (QED) is 0.482. The van der Waals surface area contributed by atoms with Crippen molar-refractivity contribution < 1.29 is 14.5 Å². The van der Waals surface area contributed by atoms with E-state index in [-0.39, 0.29) is 22.7 Å². The average molecular weight is 305 g/mol. The molecule has 0 radical (unpaired) electrons. The molecule has 0 atom stereocenters. The van der Waals surface area contributed by atoms with Gasteiger partial charge in [-0.15, -0.1) is 0 Å². The highest BCUT2D eigenvalue weighted by atomic mass is 16.6. The van der Waals surface area contributed by atoms with Gasteiger partial charge in [0.15, 0.2) is 0 Å². The van der Waals surface area contributed by atoms with Gasteiger partial charge in [0.2, 0.25) is 5.82 Å². The standard InChI is InChI=1S/C15H19N3O4/c1-10(19)22-13-4-6-17(7-5-13)15-14(18(20)21)8-12(9-16-15)11-2-3-11/h8-9,11,13H,2-7H2,1H3. The largest absolute Gasteiger partial charge is 0.462 e. The molecule has 7 heteroatoms. The van der Waals surface area contributed by atoms with Crippen LogP contribution in [-0.4, -0.2) is 35.1 Å². The second-order valence-electron chi connectivity index (χ2n) is 5.94. The second-order valence-corrected chi connectivity index (χ2v) is 5.94. The number of carbonyl (C=O) groups excluding carboxylic acids is 1. The van der Waals surface area contributed by atoms with Crippen LogP contribution in [0.15, 0.2) is 12.3 Å². The van der Waals surface area contributed by atoms with Crippen LogP contribution in [0.1, 0.15) is 44.1 Å². The number of carbonyl (C=O) groups is 1. The molecular weight excluding hydrogens is 286 g/mol. The number of nitro groups is 1. The summed E-state index contributed by atoms with van der Waals surface area (Å²) < 4.78 is 5.19. The van der Waals surface area contributed by atoms with Gasteiger partial charge in [-0.05, 0) is 24.3 Å². The fraction of sp³-hybridized carbons (Fsp3) is 0.600. The molecule has 1 saturated carbocycles. The zero-order valence-electron chi connectivity index (χ0n) is 12.5. The van der Waals surface area contributed by atoms with E-state index < -0.39 is 0 Å². The van der Waals surface area contributed by atoms with Crippen molar-refractivity contribution in [1.29, 1.82) is 0 Å². The molecule has 0 aromatic carbocycles. The minimum Gasteiger partial charge on any atom is -0.462 e. The van der Waals surface area contributed by atoms with Crippen molar-refractivity contribution in [3.8, 4) is 0 Å². The maximum Gasteiger partial charge on any atom is 0.311 e. The third-order valence-corrected chi connectivity index (χ3v) is 4.19. The van der Waals surface area contributed by atoms with E-state index in [2.05, 4.69) is 4.98 Å². The summed E-state index contributed by atoms with van der Waals surface area (Å²) in [6, 6.07) is 1.66. The number of pyridine rings is 1. The molecule has 2 heterocycles. The number of anilines is 1. The Labute approximate surface area is 128 Å². The lowest BCUT2D eigenvalue weighted by molar-refractivity contribution is -0.384. The Morgan fingerprint density at radius 3 is 2.59 bits per heavy atom. The summed E-state index contributed by atoms with van der Waals surface area (Å²) in [4.78, 5) is 28.2. The molecule has 7 nitrogen and oxygen atoms in total. The predicted molar refractivity (Wildman–Crippen MR) is 79.9 cm³/mol. The Morgan fingerprint density at radius 2 is 2.05 bits per heavy atom. The number of piperidine rings is 1. The van der Waals surface area contributed by atoms with Gasteiger partial charge in [0.25, 0.3) is 0 Å². The van der Waals surface area contributed by atoms with E-state index >= 15 is 0 Å². The summed E-state index contributed by atoms with van der Waals surface area (Å²) in [7, 11) is 0. The third-order valence-electron chi connectivity index (χ3n) is 4.19. The normalized spacial score (nSPS) is 19.0. The Kier molecular flexibility index (Phi) is 3.96. The average Bonchev–Trinajstić information content (AvgIpc) is 3.31. The van der Waals surface area contributed by atoms with Crippen molar-refractivity contribution in [2.45, 2.75) is 44.6 Å². The van der Waals surface area contributed by atoms with E-state index in [1.54, 1.807) is 12.3 Å². The minimum atomic E-state index is -0.355. The van der Waals surface area contributed by atoms with E-state index in [1.165, 1.54) is 6.92 Å². The third kappa shape index (κ3) is 3.18. The fourth-order valence-electron chi connectivity index (χ4n) is 2.90. The van der Waals surface area contributed by atoms with Crippen LogP contribution in [0.3, 0.4) is 0 Å². The van der Waals surface area contributed by atoms with Crippen molar-refractivity contribution in [2.24, 2.45) is 0 Å². The fourth-order valence-corrected chi connectivity index (χ4v) is 2.90. The smallest absolute Gasteiger partial charge is 0.311 e. The summed E-state index contributed by atoms with van der Waals surface area (Å²) in [6.07, 6.45) is 5.18. The van der Waals surface area contributed by atoms with E-state index in [4.69, 9.17) is 4.74 Å². The number of nitrogens with zero attached hydrogens (tertiary/aromatic N) is 3. The summed E-state index contributed by atoms with van der Waals surface area (Å²) in [6.45, 7) is 2.61. The highest BCUT2D eigenvalue weighted by Crippen LogP contribution is 2.42. The van der Waals surface area contributed by atoms with Crippen LogP contribution in [0, 0.1) is 10.1 Å². The number of hydrogen-bond donors (Lipinski definition) is 0. The molecule has 22 heavy (non-hydrogen) atoms. The Bertz CT molecular complexity index is 592. The molecule has 0 bridgehead atoms. The summed E-state index contributed by atoms with van der Waals surface area (Å²) in [5.74, 6) is 0.585. The van der Waals surface area contributed by atoms with Crippen molar-refractivity contribution >= 4 is 17.5 Å². The monoisotopic (exact) mass is 305 g/mol. The van der Waals surface area contributed by atoms with Crippen LogP contribution >= 0.6 is 0 Å². The zero-order valence-corrected chi connectivity index (χ0v) is 12.5. The first-order valence-corrected chi connectivity index (χ1v) is 7.61. The van der Waals surface area contributed by atoms with E-state index in [1.807, 2.05) is 4.90 Å². The van der Waals surface area contributed by atoms with E-state index in [9.17, 15) is 14.9 Å². The second kappa shape index (κ2) is 5.90. The van der Waals surface area contributed by atoms with Crippen LogP contribution in [0.25, 0.3) is 0 Å². The highest BCUT2D eigenvalue weighted by molar-refractivity contribution is 5.66. The Balaban J connectivity index is 1.74. The van der Waals surface area contributed by atoms with Gasteiger partial charge < -0.3 is 9.64 Å². The van der Waals surface area contributed by atoms with Crippen molar-refractivity contribution in [3.05, 3.63) is 27.9 Å². The summed E-state index contributed by atoms with van der Waals surface area (Å²) in [5.41, 5.74) is 1.04. The maximum atomic E-state index is 11.3. The van der Waals surface area contributed by atoms with E-state index in [0.717, 1.165) is 18.4 Å². The first-order chi connectivity index (χ1) is 10.5. The van der Waals surface area contributed by atoms with Crippen LogP contribution in [0.4, 0.5) is 11.5 Å². The summed E-state index contributed by atoms with van der Waals surface area (Å²) >= 11 is 0. The molecular formula is C15H19N3O4. The highest BCUT2D eigenvalue weighted by Gasteiger charge is 2.30. The molecule has 1 saturated heterocycles. The summed E-state index contributed by atoms with van der Waals surface area (Å²) in [5, 5.41) is 11.3. The molecule has 0 unspecified atom stereocenters. The molecule has 118 valence electrons. The van der Waals surface area contributed by atoms with E-state index in [0.29, 0.717) is 37.7 Å². The number of hydrogen-bond acceptors (Lipinski definition) is 6. The van der Waals surface area contributed by atoms with Gasteiger partial charge in [0.05, 0.1) is 4.92 Å². The molecule has 2 fully saturated rings. The van der Waals surface area contributed by atoms with Crippen molar-refractivity contribution in [1.82, 2.24) is 4.98 Å². The van der Waals surface area contributed by atoms with Gasteiger partial charge in [-0.3, -0.25) is 14.9 Å². The molecule has 0 amide bonds. The molecule has 1 aromatic rings. The number of ether oxygens (including phenoxy) is 1. The molecule has 2 aliphatic rings. The van der Waals surface area contributed by atoms with Crippen LogP contribution in [-0.2, 0) is 9.53 Å². The van der Waals surface area contributed by atoms with Gasteiger partial charge in [-0.25, -0.2) is 4.98 Å². The first kappa shape index (κ1) is 14.7. The number of rotatable bonds is 4. The lowest BCUT2D eigenvalue weighted by atomic mass is 10.1. The Hall–Kier alpha value is -2.18. The van der Waals surface area contributed by atoms with Gasteiger partial charge >= 0.3 is 11.7 Å². The van der Waals surface area contributed by atoms with Crippen LogP contribution < -0.4 is 4.90 Å². The van der Waals surface area contributed by atoms with Crippen LogP contribution in [0.2, 0.25) is 0 Å². The van der Waals surface area contributed by atoms with Gasteiger partial charge in [-0.2, -0.15) is 0 Å². The number of esters is 1. The predicted octanol–water partition coefficient (Wildman–Crippen LogP) is 2.40. The Morgan fingerprint density at radius 1 is 1.36 bits per heavy atom. The minimum absolute atomic E-state index is 0.0790. The van der Waals surface area contributed by atoms with Gasteiger partial charge in [0.1, 0.15) is 6.10 Å². The maximum absolute atomic E-state index is 11.3. The van der Waals surface area contributed by atoms with Gasteiger partial charge in [-0.1, -0.05) is 0 Å². The molecule has 3 rings (SSSR count). The molecule has 0 spiro atoms. The molecule has 0 N–H and O–H groups in total. The lowest BCUT2D eigenvalue weighted by Gasteiger charge is -2.32. The molecule has 1 aromatic heterocycles. The zero-order chi connectivity index (χ0) is 15.7. The number of aromatic nitrogens is 1.